The van der Waals surface area contributed by atoms with Gasteiger partial charge in [0.25, 0.3) is 0 Å². The lowest BCUT2D eigenvalue weighted by molar-refractivity contribution is 0.0181. The first-order valence-corrected chi connectivity index (χ1v) is 8.39. The van der Waals surface area contributed by atoms with Crippen LogP contribution in [0.25, 0.3) is 0 Å². The van der Waals surface area contributed by atoms with E-state index < -0.39 is 0 Å². The zero-order chi connectivity index (χ0) is 16.9. The summed E-state index contributed by atoms with van der Waals surface area (Å²) in [6, 6.07) is 7.10. The van der Waals surface area contributed by atoms with Gasteiger partial charge < -0.3 is 19.7 Å². The maximum Gasteiger partial charge on any atom is 0.414 e. The van der Waals surface area contributed by atoms with Gasteiger partial charge in [-0.05, 0) is 38.0 Å². The number of hydrogen-bond acceptors (Lipinski definition) is 4. The van der Waals surface area contributed by atoms with Gasteiger partial charge in [0.1, 0.15) is 6.61 Å². The van der Waals surface area contributed by atoms with Crippen LogP contribution in [-0.4, -0.2) is 56.0 Å². The number of piperidine rings is 1. The Morgan fingerprint density at radius 1 is 1.42 bits per heavy atom. The number of likely N-dealkylation sites (tertiary alicyclic amines) is 1. The van der Waals surface area contributed by atoms with Crippen molar-refractivity contribution in [3.8, 4) is 0 Å². The molecule has 0 spiro atoms. The summed E-state index contributed by atoms with van der Waals surface area (Å²) in [5.74, 6) is 0. The molecule has 1 aromatic rings. The molecule has 0 bridgehead atoms. The molecule has 3 rings (SSSR count). The molecular weight excluding hydrogens is 310 g/mol. The molecular formula is C17H23N3O4. The van der Waals surface area contributed by atoms with E-state index in [9.17, 15) is 9.59 Å². The second-order valence-corrected chi connectivity index (χ2v) is 5.91. The summed E-state index contributed by atoms with van der Waals surface area (Å²) < 4.78 is 10.6. The van der Waals surface area contributed by atoms with Crippen molar-refractivity contribution in [2.45, 2.75) is 25.9 Å². The number of benzene rings is 1. The number of nitrogens with one attached hydrogen (secondary N) is 1. The molecule has 2 aliphatic heterocycles. The van der Waals surface area contributed by atoms with Crippen LogP contribution in [0, 0.1) is 0 Å². The Bertz CT molecular complexity index is 605. The molecule has 130 valence electrons. The molecule has 0 saturated carbocycles. The van der Waals surface area contributed by atoms with Crippen LogP contribution in [-0.2, 0) is 9.47 Å². The van der Waals surface area contributed by atoms with Crippen molar-refractivity contribution in [2.75, 3.05) is 43.1 Å². The highest BCUT2D eigenvalue weighted by molar-refractivity contribution is 5.93. The standard InChI is InChI=1S/C17H23N3O4/c1-2-23-15-7-4-8-19(12-15)16(21)18-13-5-3-6-14(11-13)20-9-10-24-17(20)22/h3,5-6,11,15H,2,4,7-10,12H2,1H3,(H,18,21)/t15-/m1/s1. The molecule has 7 nitrogen and oxygen atoms in total. The predicted molar refractivity (Wildman–Crippen MR) is 90.4 cm³/mol. The van der Waals surface area contributed by atoms with E-state index in [1.165, 1.54) is 0 Å². The Labute approximate surface area is 141 Å². The highest BCUT2D eigenvalue weighted by Gasteiger charge is 2.25. The van der Waals surface area contributed by atoms with Crippen LogP contribution in [0.15, 0.2) is 24.3 Å². The average Bonchev–Trinajstić information content (AvgIpc) is 3.02. The van der Waals surface area contributed by atoms with Gasteiger partial charge >= 0.3 is 12.1 Å². The molecule has 2 heterocycles. The van der Waals surface area contributed by atoms with E-state index in [1.807, 2.05) is 25.1 Å². The van der Waals surface area contributed by atoms with E-state index in [0.717, 1.165) is 25.1 Å². The lowest BCUT2D eigenvalue weighted by atomic mass is 10.1. The lowest BCUT2D eigenvalue weighted by Gasteiger charge is -2.32. The van der Waals surface area contributed by atoms with E-state index in [0.29, 0.717) is 32.0 Å². The molecule has 1 aromatic carbocycles. The molecule has 1 N–H and O–H groups in total. The number of cyclic esters (lactones) is 1. The van der Waals surface area contributed by atoms with Crippen LogP contribution in [0.1, 0.15) is 19.8 Å². The number of rotatable bonds is 4. The summed E-state index contributed by atoms with van der Waals surface area (Å²) in [4.78, 5) is 27.5. The number of carbonyl (C=O) groups excluding carboxylic acids is 2. The van der Waals surface area contributed by atoms with Crippen molar-refractivity contribution in [2.24, 2.45) is 0 Å². The van der Waals surface area contributed by atoms with Gasteiger partial charge in [-0.15, -0.1) is 0 Å². The van der Waals surface area contributed by atoms with Crippen molar-refractivity contribution in [1.29, 1.82) is 0 Å². The minimum atomic E-state index is -0.353. The highest BCUT2D eigenvalue weighted by Crippen LogP contribution is 2.23. The molecule has 3 amide bonds. The third-order valence-electron chi connectivity index (χ3n) is 4.24. The number of nitrogens with zero attached hydrogens (tertiary/aromatic N) is 2. The summed E-state index contributed by atoms with van der Waals surface area (Å²) in [7, 11) is 0. The molecule has 2 saturated heterocycles. The molecule has 7 heteroatoms. The number of ether oxygens (including phenoxy) is 2. The van der Waals surface area contributed by atoms with Crippen molar-refractivity contribution in [3.05, 3.63) is 24.3 Å². The smallest absolute Gasteiger partial charge is 0.414 e. The third-order valence-corrected chi connectivity index (χ3v) is 4.24. The summed E-state index contributed by atoms with van der Waals surface area (Å²) in [5, 5.41) is 2.91. The Kier molecular flexibility index (Phi) is 5.20. The van der Waals surface area contributed by atoms with Crippen molar-refractivity contribution >= 4 is 23.5 Å². The summed E-state index contributed by atoms with van der Waals surface area (Å²) in [6.07, 6.45) is 1.69. The number of anilines is 2. The van der Waals surface area contributed by atoms with Crippen LogP contribution in [0.3, 0.4) is 0 Å². The van der Waals surface area contributed by atoms with Gasteiger partial charge in [-0.25, -0.2) is 9.59 Å². The van der Waals surface area contributed by atoms with E-state index >= 15 is 0 Å². The Morgan fingerprint density at radius 2 is 2.29 bits per heavy atom. The van der Waals surface area contributed by atoms with Gasteiger partial charge in [-0.3, -0.25) is 4.90 Å². The first kappa shape index (κ1) is 16.6. The van der Waals surface area contributed by atoms with Gasteiger partial charge in [0.2, 0.25) is 0 Å². The second kappa shape index (κ2) is 7.53. The highest BCUT2D eigenvalue weighted by atomic mass is 16.6. The number of hydrogen-bond donors (Lipinski definition) is 1. The van der Waals surface area contributed by atoms with E-state index in [4.69, 9.17) is 9.47 Å². The third kappa shape index (κ3) is 3.79. The molecule has 0 aliphatic carbocycles. The molecule has 0 unspecified atom stereocenters. The molecule has 2 aliphatic rings. The van der Waals surface area contributed by atoms with Gasteiger partial charge in [0.15, 0.2) is 0 Å². The van der Waals surface area contributed by atoms with Gasteiger partial charge in [-0.1, -0.05) is 6.07 Å². The SMILES string of the molecule is CCO[C@@H]1CCCN(C(=O)Nc2cccc(N3CCOC3=O)c2)C1. The first-order chi connectivity index (χ1) is 11.7. The first-order valence-electron chi connectivity index (χ1n) is 8.39. The minimum Gasteiger partial charge on any atom is -0.447 e. The quantitative estimate of drug-likeness (QED) is 0.919. The summed E-state index contributed by atoms with van der Waals surface area (Å²) >= 11 is 0. The fourth-order valence-electron chi connectivity index (χ4n) is 3.08. The molecule has 2 fully saturated rings. The van der Waals surface area contributed by atoms with Crippen LogP contribution in [0.5, 0.6) is 0 Å². The largest absolute Gasteiger partial charge is 0.447 e. The maximum atomic E-state index is 12.5. The van der Waals surface area contributed by atoms with Crippen LogP contribution < -0.4 is 10.2 Å². The zero-order valence-corrected chi connectivity index (χ0v) is 13.9. The average molecular weight is 333 g/mol. The van der Waals surface area contributed by atoms with Crippen LogP contribution >= 0.6 is 0 Å². The monoisotopic (exact) mass is 333 g/mol. The lowest BCUT2D eigenvalue weighted by Crippen LogP contribution is -2.45. The summed E-state index contributed by atoms with van der Waals surface area (Å²) in [6.45, 7) is 4.88. The van der Waals surface area contributed by atoms with E-state index in [2.05, 4.69) is 5.32 Å². The maximum absolute atomic E-state index is 12.5. The van der Waals surface area contributed by atoms with Gasteiger partial charge in [0, 0.05) is 31.1 Å². The number of amides is 3. The van der Waals surface area contributed by atoms with Crippen LogP contribution in [0.4, 0.5) is 21.0 Å². The number of carbonyl (C=O) groups is 2. The summed E-state index contributed by atoms with van der Waals surface area (Å²) in [5.41, 5.74) is 1.39. The normalized spacial score (nSPS) is 20.9. The zero-order valence-electron chi connectivity index (χ0n) is 13.9. The second-order valence-electron chi connectivity index (χ2n) is 5.91. The van der Waals surface area contributed by atoms with Crippen LogP contribution in [0.2, 0.25) is 0 Å². The van der Waals surface area contributed by atoms with E-state index in [-0.39, 0.29) is 18.2 Å². The fourth-order valence-corrected chi connectivity index (χ4v) is 3.08. The number of urea groups is 1. The fraction of sp³-hybridized carbons (Fsp3) is 0.529. The van der Waals surface area contributed by atoms with Crippen molar-refractivity contribution in [1.82, 2.24) is 4.90 Å². The molecule has 0 aromatic heterocycles. The Morgan fingerprint density at radius 3 is 3.04 bits per heavy atom. The van der Waals surface area contributed by atoms with Gasteiger partial charge in [0.05, 0.1) is 12.6 Å². The van der Waals surface area contributed by atoms with Gasteiger partial charge in [-0.2, -0.15) is 0 Å². The topological polar surface area (TPSA) is 71.1 Å². The van der Waals surface area contributed by atoms with Crippen molar-refractivity contribution < 1.29 is 19.1 Å². The van der Waals surface area contributed by atoms with E-state index in [1.54, 1.807) is 15.9 Å². The predicted octanol–water partition coefficient (Wildman–Crippen LogP) is 2.68. The van der Waals surface area contributed by atoms with Crippen molar-refractivity contribution in [3.63, 3.8) is 0 Å². The Hall–Kier alpha value is -2.28. The molecule has 1 atom stereocenters. The molecule has 0 radical (unpaired) electrons. The Balaban J connectivity index is 1.63. The molecule has 24 heavy (non-hydrogen) atoms. The minimum absolute atomic E-state index is 0.111.